The molecular weight excluding hydrogens is 256 g/mol. The van der Waals surface area contributed by atoms with Gasteiger partial charge < -0.3 is 15.4 Å². The number of nitrogens with one attached hydrogen (secondary N) is 2. The van der Waals surface area contributed by atoms with Crippen LogP contribution in [0.15, 0.2) is 0 Å². The molecule has 4 nitrogen and oxygen atoms in total. The van der Waals surface area contributed by atoms with E-state index in [1.165, 1.54) is 11.3 Å². The highest BCUT2D eigenvalue weighted by molar-refractivity contribution is 7.73. The Morgan fingerprint density at radius 3 is 2.88 bits per heavy atom. The topological polar surface area (TPSA) is 65.1 Å². The summed E-state index contributed by atoms with van der Waals surface area (Å²) in [5.41, 5.74) is 0.971. The highest BCUT2D eigenvalue weighted by Crippen LogP contribution is 2.14. The third kappa shape index (κ3) is 4.97. The van der Waals surface area contributed by atoms with Gasteiger partial charge in [-0.25, -0.2) is 0 Å². The molecule has 0 bridgehead atoms. The van der Waals surface area contributed by atoms with E-state index in [2.05, 4.69) is 10.3 Å². The molecule has 0 fully saturated rings. The van der Waals surface area contributed by atoms with E-state index >= 15 is 0 Å². The van der Waals surface area contributed by atoms with Crippen molar-refractivity contribution in [2.24, 2.45) is 5.92 Å². The summed E-state index contributed by atoms with van der Waals surface area (Å²) in [6.07, 6.45) is 1.08. The second-order valence-corrected chi connectivity index (χ2v) is 5.93. The molecule has 0 radical (unpaired) electrons. The van der Waals surface area contributed by atoms with Crippen molar-refractivity contribution >= 4 is 29.5 Å². The molecule has 0 spiro atoms. The normalized spacial score (nSPS) is 12.4. The van der Waals surface area contributed by atoms with Crippen LogP contribution >= 0.6 is 23.6 Å². The van der Waals surface area contributed by atoms with Crippen molar-refractivity contribution in [2.75, 3.05) is 13.2 Å². The number of aromatic amines is 1. The number of carbonyl (C=O) groups is 1. The molecule has 1 aromatic heterocycles. The summed E-state index contributed by atoms with van der Waals surface area (Å²) in [5.74, 6) is 0.303. The predicted octanol–water partition coefficient (Wildman–Crippen LogP) is 1.79. The van der Waals surface area contributed by atoms with Crippen LogP contribution in [0.3, 0.4) is 0 Å². The van der Waals surface area contributed by atoms with Crippen LogP contribution in [0.1, 0.15) is 23.9 Å². The first-order chi connectivity index (χ1) is 8.02. The first kappa shape index (κ1) is 14.3. The molecule has 1 atom stereocenters. The molecule has 3 N–H and O–H groups in total. The number of amides is 1. The van der Waals surface area contributed by atoms with E-state index in [4.69, 9.17) is 17.3 Å². The van der Waals surface area contributed by atoms with Crippen molar-refractivity contribution in [3.8, 4) is 0 Å². The maximum atomic E-state index is 11.7. The molecule has 0 aliphatic rings. The molecule has 0 aliphatic heterocycles. The third-order valence-corrected chi connectivity index (χ3v) is 3.85. The molecule has 1 heterocycles. The quantitative estimate of drug-likeness (QED) is 0.693. The highest BCUT2D eigenvalue weighted by atomic mass is 32.1. The Kier molecular flexibility index (Phi) is 5.80. The molecule has 17 heavy (non-hydrogen) atoms. The largest absolute Gasteiger partial charge is 0.396 e. The van der Waals surface area contributed by atoms with Gasteiger partial charge in [-0.1, -0.05) is 6.92 Å². The Morgan fingerprint density at radius 2 is 2.35 bits per heavy atom. The molecule has 1 rings (SSSR count). The standard InChI is InChI=1S/C11H18N2O2S2/c1-7(3-4-14)6-12-10(15)5-9-8(2)13-11(16)17-9/h7,14H,3-6H2,1-2H3,(H,12,15)(H,13,16). The second-order valence-electron chi connectivity index (χ2n) is 4.16. The molecule has 0 aliphatic carbocycles. The second kappa shape index (κ2) is 6.88. The Labute approximate surface area is 110 Å². The van der Waals surface area contributed by atoms with Gasteiger partial charge in [0.2, 0.25) is 5.91 Å². The summed E-state index contributed by atoms with van der Waals surface area (Å²) in [4.78, 5) is 15.7. The molecule has 0 aromatic carbocycles. The van der Waals surface area contributed by atoms with Crippen LogP contribution in [0.5, 0.6) is 0 Å². The van der Waals surface area contributed by atoms with E-state index in [0.29, 0.717) is 29.3 Å². The number of carbonyl (C=O) groups excluding carboxylic acids is 1. The van der Waals surface area contributed by atoms with Crippen LogP contribution in [0.2, 0.25) is 0 Å². The summed E-state index contributed by atoms with van der Waals surface area (Å²) in [6, 6.07) is 0. The van der Waals surface area contributed by atoms with Crippen LogP contribution in [0.25, 0.3) is 0 Å². The van der Waals surface area contributed by atoms with Gasteiger partial charge in [-0.3, -0.25) is 4.79 Å². The maximum absolute atomic E-state index is 11.7. The Hall–Kier alpha value is -0.720. The Balaban J connectivity index is 2.40. The molecule has 0 saturated carbocycles. The maximum Gasteiger partial charge on any atom is 0.225 e. The molecule has 1 amide bonds. The van der Waals surface area contributed by atoms with E-state index in [1.807, 2.05) is 13.8 Å². The first-order valence-electron chi connectivity index (χ1n) is 5.59. The lowest BCUT2D eigenvalue weighted by molar-refractivity contribution is -0.120. The molecule has 6 heteroatoms. The van der Waals surface area contributed by atoms with Gasteiger partial charge in [0.05, 0.1) is 6.42 Å². The lowest BCUT2D eigenvalue weighted by atomic mass is 10.1. The van der Waals surface area contributed by atoms with Gasteiger partial charge in [0, 0.05) is 23.7 Å². The van der Waals surface area contributed by atoms with Crippen molar-refractivity contribution in [3.63, 3.8) is 0 Å². The number of aliphatic hydroxyl groups excluding tert-OH is 1. The molecule has 1 aromatic rings. The minimum absolute atomic E-state index is 0.00291. The molecule has 0 saturated heterocycles. The number of hydrogen-bond donors (Lipinski definition) is 3. The van der Waals surface area contributed by atoms with Crippen LogP contribution in [-0.2, 0) is 11.2 Å². The van der Waals surface area contributed by atoms with E-state index in [1.54, 1.807) is 0 Å². The number of aryl methyl sites for hydroxylation is 1. The van der Waals surface area contributed by atoms with Gasteiger partial charge in [-0.05, 0) is 31.5 Å². The predicted molar refractivity (Wildman–Crippen MR) is 71.8 cm³/mol. The zero-order valence-corrected chi connectivity index (χ0v) is 11.7. The number of hydrogen-bond acceptors (Lipinski definition) is 4. The van der Waals surface area contributed by atoms with Crippen LogP contribution < -0.4 is 5.32 Å². The smallest absolute Gasteiger partial charge is 0.225 e. The van der Waals surface area contributed by atoms with Crippen molar-refractivity contribution in [1.29, 1.82) is 0 Å². The Morgan fingerprint density at radius 1 is 1.65 bits per heavy atom. The first-order valence-corrected chi connectivity index (χ1v) is 6.81. The van der Waals surface area contributed by atoms with Gasteiger partial charge >= 0.3 is 0 Å². The zero-order valence-electron chi connectivity index (χ0n) is 10.1. The Bertz CT molecular complexity index is 425. The van der Waals surface area contributed by atoms with Gasteiger partial charge in [0.25, 0.3) is 0 Å². The summed E-state index contributed by atoms with van der Waals surface area (Å²) in [6.45, 7) is 4.69. The van der Waals surface area contributed by atoms with E-state index in [9.17, 15) is 4.79 Å². The van der Waals surface area contributed by atoms with Gasteiger partial charge in [-0.2, -0.15) is 0 Å². The monoisotopic (exact) mass is 274 g/mol. The minimum atomic E-state index is 0.00291. The molecular formula is C11H18N2O2S2. The van der Waals surface area contributed by atoms with E-state index in [0.717, 1.165) is 10.6 Å². The third-order valence-electron chi connectivity index (χ3n) is 2.51. The van der Waals surface area contributed by atoms with E-state index in [-0.39, 0.29) is 12.5 Å². The van der Waals surface area contributed by atoms with Gasteiger partial charge in [0.15, 0.2) is 3.95 Å². The molecule has 1 unspecified atom stereocenters. The summed E-state index contributed by atoms with van der Waals surface area (Å²) < 4.78 is 0.707. The van der Waals surface area contributed by atoms with Gasteiger partial charge in [-0.15, -0.1) is 11.3 Å². The number of H-pyrrole nitrogens is 1. The summed E-state index contributed by atoms with van der Waals surface area (Å²) in [7, 11) is 0. The van der Waals surface area contributed by atoms with Crippen LogP contribution in [0.4, 0.5) is 0 Å². The van der Waals surface area contributed by atoms with Crippen molar-refractivity contribution in [3.05, 3.63) is 14.5 Å². The number of aromatic nitrogens is 1. The average Bonchev–Trinajstić information content (AvgIpc) is 2.55. The van der Waals surface area contributed by atoms with Crippen LogP contribution in [-0.4, -0.2) is 29.1 Å². The van der Waals surface area contributed by atoms with Crippen molar-refractivity contribution in [1.82, 2.24) is 10.3 Å². The van der Waals surface area contributed by atoms with Crippen LogP contribution in [0, 0.1) is 16.8 Å². The highest BCUT2D eigenvalue weighted by Gasteiger charge is 2.09. The molecule has 96 valence electrons. The van der Waals surface area contributed by atoms with Crippen molar-refractivity contribution < 1.29 is 9.90 Å². The number of aliphatic hydroxyl groups is 1. The fraction of sp³-hybridized carbons (Fsp3) is 0.636. The summed E-state index contributed by atoms with van der Waals surface area (Å²) >= 11 is 6.46. The number of thiazole rings is 1. The number of rotatable bonds is 6. The average molecular weight is 274 g/mol. The van der Waals surface area contributed by atoms with E-state index < -0.39 is 0 Å². The lowest BCUT2D eigenvalue weighted by Crippen LogP contribution is -2.29. The summed E-state index contributed by atoms with van der Waals surface area (Å²) in [5, 5.41) is 11.6. The lowest BCUT2D eigenvalue weighted by Gasteiger charge is -2.10. The SMILES string of the molecule is Cc1[nH]c(=S)sc1CC(=O)NCC(C)CCO. The zero-order chi connectivity index (χ0) is 12.8. The fourth-order valence-electron chi connectivity index (χ4n) is 1.42. The fourth-order valence-corrected chi connectivity index (χ4v) is 2.71. The minimum Gasteiger partial charge on any atom is -0.396 e. The van der Waals surface area contributed by atoms with Crippen molar-refractivity contribution in [2.45, 2.75) is 26.7 Å². The van der Waals surface area contributed by atoms with Gasteiger partial charge in [0.1, 0.15) is 0 Å².